The number of oxazole rings is 1. The summed E-state index contributed by atoms with van der Waals surface area (Å²) in [6.45, 7) is 2.36. The molecule has 2 atom stereocenters. The van der Waals surface area contributed by atoms with E-state index in [1.165, 1.54) is 24.7 Å². The molecule has 3 aromatic carbocycles. The molecule has 1 saturated heterocycles. The maximum atomic E-state index is 12.8. The summed E-state index contributed by atoms with van der Waals surface area (Å²) in [6.07, 6.45) is 1.27. The molecule has 174 valence electrons. The van der Waals surface area contributed by atoms with Crippen LogP contribution in [-0.4, -0.2) is 50.6 Å². The number of amides is 1. The Balaban J connectivity index is 1.23. The standard InChI is InChI=1S/C27H28AsN3O3/c1-28(17-19-14-15-31(2)18-19)27-30-24-16-21(10-13-25(24)34-27)29-26(32)20-8-11-23(12-9-20)33-22-6-4-3-5-7-22/h3-13,16,19H,14-15,17-18H2,1-2H3,(H,29,32). The fourth-order valence-electron chi connectivity index (χ4n) is 4.30. The zero-order valence-corrected chi connectivity index (χ0v) is 21.3. The van der Waals surface area contributed by atoms with Gasteiger partial charge in [-0.15, -0.1) is 0 Å². The third-order valence-electron chi connectivity index (χ3n) is 6.08. The Bertz CT molecular complexity index is 1270. The minimum atomic E-state index is -1.32. The number of aromatic nitrogens is 1. The number of benzene rings is 3. The van der Waals surface area contributed by atoms with Crippen LogP contribution in [0.1, 0.15) is 16.8 Å². The summed E-state index contributed by atoms with van der Waals surface area (Å²) in [4.78, 5) is 19.9. The molecule has 4 aromatic rings. The van der Waals surface area contributed by atoms with Crippen LogP contribution in [0.3, 0.4) is 0 Å². The second kappa shape index (κ2) is 10.0. The molecule has 0 radical (unpaired) electrons. The zero-order chi connectivity index (χ0) is 23.5. The van der Waals surface area contributed by atoms with Crippen molar-refractivity contribution in [3.8, 4) is 11.5 Å². The van der Waals surface area contributed by atoms with E-state index in [2.05, 4.69) is 23.0 Å². The van der Waals surface area contributed by atoms with Gasteiger partial charge in [0.2, 0.25) is 0 Å². The van der Waals surface area contributed by atoms with Gasteiger partial charge in [0.15, 0.2) is 0 Å². The SMILES string of the molecule is CN1CCC(C[As](C)c2nc3cc(NC(=O)c4ccc(Oc5ccccc5)cc4)ccc3o2)C1. The summed E-state index contributed by atoms with van der Waals surface area (Å²) in [7, 11) is 2.19. The van der Waals surface area contributed by atoms with Crippen LogP contribution in [0.4, 0.5) is 5.69 Å². The molecule has 0 saturated carbocycles. The molecule has 1 N–H and O–H groups in total. The number of fused-ring (bicyclic) bond motifs is 1. The summed E-state index contributed by atoms with van der Waals surface area (Å²) >= 11 is -1.32. The van der Waals surface area contributed by atoms with Gasteiger partial charge in [-0.1, -0.05) is 18.2 Å². The number of hydrogen-bond acceptors (Lipinski definition) is 5. The molecule has 0 spiro atoms. The van der Waals surface area contributed by atoms with E-state index >= 15 is 0 Å². The van der Waals surface area contributed by atoms with E-state index in [0.29, 0.717) is 17.0 Å². The Labute approximate surface area is 204 Å². The number of nitrogens with zero attached hydrogens (tertiary/aromatic N) is 2. The van der Waals surface area contributed by atoms with Crippen molar-refractivity contribution in [2.45, 2.75) is 17.3 Å². The molecule has 1 amide bonds. The Kier molecular flexibility index (Phi) is 6.70. The average molecular weight is 517 g/mol. The van der Waals surface area contributed by atoms with Crippen LogP contribution in [0.2, 0.25) is 10.9 Å². The Morgan fingerprint density at radius 2 is 1.88 bits per heavy atom. The Morgan fingerprint density at radius 1 is 1.12 bits per heavy atom. The third-order valence-corrected chi connectivity index (χ3v) is 10.1. The van der Waals surface area contributed by atoms with Gasteiger partial charge in [0.05, 0.1) is 0 Å². The normalized spacial score (nSPS) is 17.1. The molecule has 1 aromatic heterocycles. The van der Waals surface area contributed by atoms with E-state index in [4.69, 9.17) is 14.1 Å². The number of likely N-dealkylation sites (tertiary alicyclic amines) is 1. The van der Waals surface area contributed by atoms with Gasteiger partial charge in [-0.05, 0) is 12.1 Å². The van der Waals surface area contributed by atoms with Crippen molar-refractivity contribution in [3.63, 3.8) is 0 Å². The molecule has 1 fully saturated rings. The summed E-state index contributed by atoms with van der Waals surface area (Å²) < 4.78 is 12.8. The van der Waals surface area contributed by atoms with E-state index in [0.717, 1.165) is 27.4 Å². The van der Waals surface area contributed by atoms with E-state index in [9.17, 15) is 4.79 Å². The number of anilines is 1. The van der Waals surface area contributed by atoms with Gasteiger partial charge >= 0.3 is 168 Å². The maximum absolute atomic E-state index is 12.8. The summed E-state index contributed by atoms with van der Waals surface area (Å²) in [6, 6.07) is 22.3. The van der Waals surface area contributed by atoms with Crippen LogP contribution in [0, 0.1) is 5.92 Å². The molecule has 6 nitrogen and oxygen atoms in total. The van der Waals surface area contributed by atoms with Crippen LogP contribution in [0.5, 0.6) is 11.5 Å². The summed E-state index contributed by atoms with van der Waals surface area (Å²) in [5, 5.41) is 4.19. The van der Waals surface area contributed by atoms with Crippen molar-refractivity contribution in [3.05, 3.63) is 78.4 Å². The molecule has 34 heavy (non-hydrogen) atoms. The van der Waals surface area contributed by atoms with Crippen LogP contribution >= 0.6 is 0 Å². The fourth-order valence-corrected chi connectivity index (χ4v) is 7.99. The predicted molar refractivity (Wildman–Crippen MR) is 137 cm³/mol. The molecule has 2 unspecified atom stereocenters. The fraction of sp³-hybridized carbons (Fsp3) is 0.259. The summed E-state index contributed by atoms with van der Waals surface area (Å²) in [5.41, 5.74) is 5.16. The summed E-state index contributed by atoms with van der Waals surface area (Å²) in [5.74, 6) is 2.02. The molecule has 0 aliphatic carbocycles. The molecular weight excluding hydrogens is 489 g/mol. The van der Waals surface area contributed by atoms with Crippen molar-refractivity contribution in [1.29, 1.82) is 0 Å². The number of hydrogen-bond donors (Lipinski definition) is 1. The van der Waals surface area contributed by atoms with Gasteiger partial charge in [0.1, 0.15) is 5.75 Å². The van der Waals surface area contributed by atoms with Gasteiger partial charge in [0, 0.05) is 0 Å². The van der Waals surface area contributed by atoms with E-state index < -0.39 is 14.7 Å². The number of rotatable bonds is 7. The Morgan fingerprint density at radius 3 is 2.62 bits per heavy atom. The first-order valence-corrected chi connectivity index (χ1v) is 15.6. The molecule has 7 heteroatoms. The van der Waals surface area contributed by atoms with Crippen molar-refractivity contribution in [2.24, 2.45) is 5.92 Å². The first kappa shape index (κ1) is 22.7. The number of ether oxygens (including phenoxy) is 1. The molecule has 1 aliphatic rings. The second-order valence-corrected chi connectivity index (χ2v) is 13.4. The number of carbonyl (C=O) groups is 1. The van der Waals surface area contributed by atoms with E-state index in [-0.39, 0.29) is 5.91 Å². The van der Waals surface area contributed by atoms with Crippen LogP contribution in [-0.2, 0) is 0 Å². The van der Waals surface area contributed by atoms with Crippen LogP contribution in [0.15, 0.2) is 77.2 Å². The average Bonchev–Trinajstić information content (AvgIpc) is 3.45. The van der Waals surface area contributed by atoms with Gasteiger partial charge in [-0.25, -0.2) is 0 Å². The van der Waals surface area contributed by atoms with Gasteiger partial charge < -0.3 is 0 Å². The van der Waals surface area contributed by atoms with E-state index in [1.54, 1.807) is 24.3 Å². The van der Waals surface area contributed by atoms with Crippen molar-refractivity contribution in [1.82, 2.24) is 9.88 Å². The molecular formula is C27H28AsN3O3. The third kappa shape index (κ3) is 5.35. The predicted octanol–water partition coefficient (Wildman–Crippen LogP) is 5.16. The van der Waals surface area contributed by atoms with Gasteiger partial charge in [0.25, 0.3) is 0 Å². The van der Waals surface area contributed by atoms with Crippen molar-refractivity contribution in [2.75, 3.05) is 25.5 Å². The van der Waals surface area contributed by atoms with Gasteiger partial charge in [-0.2, -0.15) is 0 Å². The minimum absolute atomic E-state index is 0.178. The number of carbonyl (C=O) groups excluding carboxylic acids is 1. The molecule has 5 rings (SSSR count). The molecule has 1 aliphatic heterocycles. The van der Waals surface area contributed by atoms with Gasteiger partial charge in [-0.3, -0.25) is 0 Å². The second-order valence-electron chi connectivity index (χ2n) is 8.87. The molecule has 2 heterocycles. The first-order chi connectivity index (χ1) is 16.5. The van der Waals surface area contributed by atoms with Crippen LogP contribution in [0.25, 0.3) is 11.1 Å². The number of para-hydroxylation sites is 1. The van der Waals surface area contributed by atoms with Crippen molar-refractivity contribution >= 4 is 42.0 Å². The zero-order valence-electron chi connectivity index (χ0n) is 19.4. The quantitative estimate of drug-likeness (QED) is 0.343. The van der Waals surface area contributed by atoms with E-state index in [1.807, 2.05) is 48.5 Å². The van der Waals surface area contributed by atoms with Crippen molar-refractivity contribution < 1.29 is 13.9 Å². The monoisotopic (exact) mass is 517 g/mol. The first-order valence-electron chi connectivity index (χ1n) is 11.5. The topological polar surface area (TPSA) is 67.6 Å². The number of nitrogens with one attached hydrogen (secondary N) is 1. The Hall–Kier alpha value is -3.08. The molecule has 0 bridgehead atoms. The van der Waals surface area contributed by atoms with Crippen LogP contribution < -0.4 is 14.7 Å².